The summed E-state index contributed by atoms with van der Waals surface area (Å²) in [7, 11) is 0. The third kappa shape index (κ3) is 57.2. The fourth-order valence-corrected chi connectivity index (χ4v) is 7.74. The van der Waals surface area contributed by atoms with Gasteiger partial charge in [-0.2, -0.15) is 5.06 Å². The third-order valence-corrected chi connectivity index (χ3v) is 12.9. The van der Waals surface area contributed by atoms with E-state index in [9.17, 15) is 24.0 Å². The Morgan fingerprint density at radius 2 is 0.408 bits per heavy atom. The number of carbonyl (C=O) groups is 5. The Balaban J connectivity index is 0.830. The average molecular weight is 1430 g/mol. The van der Waals surface area contributed by atoms with Gasteiger partial charge in [0, 0.05) is 38.7 Å². The van der Waals surface area contributed by atoms with Crippen LogP contribution in [0.3, 0.4) is 0 Å². The largest absolute Gasteiger partial charge is 0.379 e. The minimum atomic E-state index is -0.707. The number of carbonyl (C=O) groups excluding carboxylic acids is 5. The molecule has 574 valence electrons. The highest BCUT2D eigenvalue weighted by molar-refractivity contribution is 6.01. The van der Waals surface area contributed by atoms with E-state index in [1.165, 1.54) is 0 Å². The summed E-state index contributed by atoms with van der Waals surface area (Å²) >= 11 is 0. The first-order chi connectivity index (χ1) is 48.5. The summed E-state index contributed by atoms with van der Waals surface area (Å²) in [6.45, 7) is 22.2. The third-order valence-electron chi connectivity index (χ3n) is 12.9. The van der Waals surface area contributed by atoms with Crippen molar-refractivity contribution in [3.63, 3.8) is 0 Å². The molecule has 0 N–H and O–H groups in total. The summed E-state index contributed by atoms with van der Waals surface area (Å²) < 4.78 is 143. The molecule has 0 saturated carbocycles. The topological polar surface area (TPSA) is 354 Å². The van der Waals surface area contributed by atoms with E-state index < -0.39 is 24.1 Å². The van der Waals surface area contributed by atoms with E-state index in [4.69, 9.17) is 133 Å². The van der Waals surface area contributed by atoms with Gasteiger partial charge in [0.15, 0.2) is 0 Å². The molecular formula is C63H114N2O33. The number of hydrogen-bond donors (Lipinski definition) is 0. The predicted molar refractivity (Wildman–Crippen MR) is 338 cm³/mol. The van der Waals surface area contributed by atoms with E-state index in [2.05, 4.69) is 0 Å². The van der Waals surface area contributed by atoms with E-state index in [0.29, 0.717) is 329 Å². The van der Waals surface area contributed by atoms with Crippen molar-refractivity contribution in [1.82, 2.24) is 10.1 Å². The lowest BCUT2D eigenvalue weighted by Crippen LogP contribution is -2.32. The van der Waals surface area contributed by atoms with Crippen LogP contribution in [-0.2, 0) is 157 Å². The van der Waals surface area contributed by atoms with Gasteiger partial charge in [-0.1, -0.05) is 0 Å². The maximum atomic E-state index is 11.7. The molecule has 0 bridgehead atoms. The number of ether oxygens (including phenoxy) is 26. The number of epoxide rings is 1. The maximum absolute atomic E-state index is 11.7. The Hall–Kier alpha value is -3.33. The second-order valence-corrected chi connectivity index (χ2v) is 20.6. The Bertz CT molecular complexity index is 1810. The molecule has 3 aliphatic rings. The van der Waals surface area contributed by atoms with Gasteiger partial charge < -0.3 is 128 Å². The van der Waals surface area contributed by atoms with Crippen LogP contribution in [0.1, 0.15) is 38.5 Å². The first kappa shape index (κ1) is 88.9. The molecular weight excluding hydrogens is 1310 g/mol. The predicted octanol–water partition coefficient (Wildman–Crippen LogP) is -0.406. The molecule has 0 spiro atoms. The van der Waals surface area contributed by atoms with Gasteiger partial charge in [-0.3, -0.25) is 19.2 Å². The quantitative estimate of drug-likeness (QED) is 0.0424. The van der Waals surface area contributed by atoms with Crippen molar-refractivity contribution >= 4 is 29.6 Å². The zero-order chi connectivity index (χ0) is 69.6. The van der Waals surface area contributed by atoms with Crippen LogP contribution in [-0.4, -0.2) is 382 Å². The van der Waals surface area contributed by atoms with Crippen molar-refractivity contribution in [3.8, 4) is 0 Å². The van der Waals surface area contributed by atoms with Gasteiger partial charge in [0.1, 0.15) is 6.10 Å². The Morgan fingerprint density at radius 3 is 0.602 bits per heavy atom. The minimum absolute atomic E-state index is 0.0502. The average Bonchev–Trinajstić information content (AvgIpc) is 1.68. The van der Waals surface area contributed by atoms with Crippen LogP contribution in [0.25, 0.3) is 0 Å². The summed E-state index contributed by atoms with van der Waals surface area (Å²) in [6, 6.07) is 0. The molecule has 2 atom stereocenters. The van der Waals surface area contributed by atoms with Crippen molar-refractivity contribution in [1.29, 1.82) is 0 Å². The van der Waals surface area contributed by atoms with Gasteiger partial charge in [0.2, 0.25) is 6.29 Å². The van der Waals surface area contributed by atoms with E-state index in [-0.39, 0.29) is 63.2 Å². The van der Waals surface area contributed by atoms with Crippen LogP contribution in [0, 0.1) is 0 Å². The van der Waals surface area contributed by atoms with Crippen LogP contribution in [0.4, 0.5) is 0 Å². The molecule has 98 heavy (non-hydrogen) atoms. The Morgan fingerprint density at radius 1 is 0.245 bits per heavy atom. The second kappa shape index (κ2) is 69.4. The molecule has 0 aromatic heterocycles. The highest BCUT2D eigenvalue weighted by Gasteiger charge is 2.45. The summed E-state index contributed by atoms with van der Waals surface area (Å²) in [4.78, 5) is 67.8. The fraction of sp³-hybridized carbons (Fsp3) is 0.921. The summed E-state index contributed by atoms with van der Waals surface area (Å²) in [5.74, 6) is -2.41. The first-order valence-electron chi connectivity index (χ1n) is 34.1. The lowest BCUT2D eigenvalue weighted by Gasteiger charge is -2.12. The second-order valence-electron chi connectivity index (χ2n) is 20.6. The molecule has 2 unspecified atom stereocenters. The first-order valence-corrected chi connectivity index (χ1v) is 34.1. The smallest absolute Gasteiger partial charge is 0.335 e. The highest BCUT2D eigenvalue weighted by atomic mass is 16.9. The number of hydroxylamine groups is 4. The molecule has 3 fully saturated rings. The molecule has 3 rings (SSSR count). The van der Waals surface area contributed by atoms with Crippen molar-refractivity contribution in [2.45, 2.75) is 50.9 Å². The van der Waals surface area contributed by atoms with Crippen molar-refractivity contribution in [2.75, 3.05) is 330 Å². The summed E-state index contributed by atoms with van der Waals surface area (Å²) in [5.41, 5.74) is 0. The molecule has 3 heterocycles. The van der Waals surface area contributed by atoms with Gasteiger partial charge >= 0.3 is 5.97 Å². The van der Waals surface area contributed by atoms with Crippen LogP contribution < -0.4 is 0 Å². The van der Waals surface area contributed by atoms with Crippen LogP contribution in [0.2, 0.25) is 0 Å². The van der Waals surface area contributed by atoms with E-state index >= 15 is 0 Å². The molecule has 0 aromatic carbocycles. The van der Waals surface area contributed by atoms with Gasteiger partial charge in [-0.05, 0) is 0 Å². The van der Waals surface area contributed by atoms with Gasteiger partial charge in [0.05, 0.1) is 330 Å². The van der Waals surface area contributed by atoms with Crippen LogP contribution >= 0.6 is 0 Å². The standard InChI is InChI=1S/C63H114N2O33/c66-58-1-2-59(67)64(58)97-62(70)6-8-72-10-12-74-14-16-76-18-20-78-22-24-80-26-28-82-30-32-84-34-36-86-38-40-88-42-44-90-46-48-92-50-52-94-54-56-95-55-53-93-51-49-91-47-45-89-43-41-87-39-37-85-35-33-83-31-29-81-27-25-79-23-21-77-19-17-75-15-13-73-11-9-71-7-5-57-63(96-57)98-65-60(68)3-4-61(65)69/h57,63H,1-56H2. The van der Waals surface area contributed by atoms with E-state index in [1.54, 1.807) is 0 Å². The lowest BCUT2D eigenvalue weighted by molar-refractivity contribution is -0.201. The molecule has 35 nitrogen and oxygen atoms in total. The Labute approximate surface area is 576 Å². The van der Waals surface area contributed by atoms with Gasteiger partial charge in [-0.25, -0.2) is 9.63 Å². The molecule has 0 aliphatic carbocycles. The molecule has 0 radical (unpaired) electrons. The van der Waals surface area contributed by atoms with E-state index in [1.807, 2.05) is 0 Å². The molecule has 3 aliphatic heterocycles. The number of imide groups is 2. The lowest BCUT2D eigenvalue weighted by atomic mass is 10.3. The highest BCUT2D eigenvalue weighted by Crippen LogP contribution is 2.29. The zero-order valence-corrected chi connectivity index (χ0v) is 57.6. The molecule has 3 saturated heterocycles. The van der Waals surface area contributed by atoms with Gasteiger partial charge in [-0.15, -0.1) is 5.06 Å². The van der Waals surface area contributed by atoms with Crippen LogP contribution in [0.15, 0.2) is 0 Å². The maximum Gasteiger partial charge on any atom is 0.335 e. The number of hydrogen-bond acceptors (Lipinski definition) is 33. The number of amides is 4. The number of rotatable bonds is 81. The number of nitrogens with zero attached hydrogens (tertiary/aromatic N) is 2. The normalized spacial score (nSPS) is 15.6. The minimum Gasteiger partial charge on any atom is -0.379 e. The van der Waals surface area contributed by atoms with Crippen molar-refractivity contribution < 1.29 is 157 Å². The fourth-order valence-electron chi connectivity index (χ4n) is 7.74. The van der Waals surface area contributed by atoms with Gasteiger partial charge in [0.25, 0.3) is 23.6 Å². The monoisotopic (exact) mass is 1430 g/mol. The SMILES string of the molecule is O=C(CCOCCOCCOCCOCCOCCOCCOCCOCCOCCOCCOCCOCCOCCOCCOCCOCCOCCOCCOCCOCCOCCOCCOCCOCCOCCC1OC1ON1C(=O)CCC1=O)ON1C(=O)CCC1=O. The summed E-state index contributed by atoms with van der Waals surface area (Å²) in [6.07, 6.45) is 0.215. The Kier molecular flexibility index (Phi) is 62.9. The molecule has 0 aromatic rings. The molecule has 4 amide bonds. The van der Waals surface area contributed by atoms with Crippen LogP contribution in [0.5, 0.6) is 0 Å². The zero-order valence-electron chi connectivity index (χ0n) is 57.6. The van der Waals surface area contributed by atoms with E-state index in [0.717, 1.165) is 5.06 Å². The van der Waals surface area contributed by atoms with Crippen molar-refractivity contribution in [2.24, 2.45) is 0 Å². The van der Waals surface area contributed by atoms with Crippen molar-refractivity contribution in [3.05, 3.63) is 0 Å². The molecule has 35 heteroatoms. The summed E-state index contributed by atoms with van der Waals surface area (Å²) in [5, 5.41) is 1.32.